The number of nitrogens with one attached hydrogen (secondary N) is 1. The summed E-state index contributed by atoms with van der Waals surface area (Å²) in [6.07, 6.45) is 3.96. The third kappa shape index (κ3) is 8.39. The number of anilines is 1. The van der Waals surface area contributed by atoms with Crippen LogP contribution in [0.3, 0.4) is 0 Å². The summed E-state index contributed by atoms with van der Waals surface area (Å²) in [5.74, 6) is -0.777. The van der Waals surface area contributed by atoms with E-state index in [1.165, 1.54) is 4.90 Å². The molecule has 0 aromatic heterocycles. The van der Waals surface area contributed by atoms with Crippen LogP contribution in [-0.4, -0.2) is 50.5 Å². The predicted molar refractivity (Wildman–Crippen MR) is 147 cm³/mol. The molecule has 0 aliphatic carbocycles. The predicted octanol–water partition coefficient (Wildman–Crippen LogP) is 5.05. The maximum Gasteiger partial charge on any atom is 0.244 e. The van der Waals surface area contributed by atoms with Gasteiger partial charge in [-0.1, -0.05) is 68.6 Å². The largest absolute Gasteiger partial charge is 0.354 e. The molecule has 0 aliphatic heterocycles. The van der Waals surface area contributed by atoms with Crippen molar-refractivity contribution in [3.8, 4) is 0 Å². The van der Waals surface area contributed by atoms with Crippen LogP contribution >= 0.6 is 23.2 Å². The molecule has 0 radical (unpaired) electrons. The number of hydrogen-bond donors (Lipinski definition) is 1. The highest BCUT2D eigenvalue weighted by Crippen LogP contribution is 2.25. The van der Waals surface area contributed by atoms with Crippen LogP contribution in [0.2, 0.25) is 10.0 Å². The fourth-order valence-corrected chi connectivity index (χ4v) is 4.94. The van der Waals surface area contributed by atoms with Crippen molar-refractivity contribution in [2.24, 2.45) is 0 Å². The number of amides is 2. The van der Waals surface area contributed by atoms with E-state index >= 15 is 0 Å². The van der Waals surface area contributed by atoms with Gasteiger partial charge in [0.2, 0.25) is 21.8 Å². The quantitative estimate of drug-likeness (QED) is 0.350. The van der Waals surface area contributed by atoms with Crippen molar-refractivity contribution >= 4 is 50.7 Å². The Morgan fingerprint density at radius 1 is 0.972 bits per heavy atom. The van der Waals surface area contributed by atoms with Gasteiger partial charge in [-0.05, 0) is 54.7 Å². The molecule has 0 bridgehead atoms. The summed E-state index contributed by atoms with van der Waals surface area (Å²) in [6, 6.07) is 11.3. The number of benzene rings is 2. The van der Waals surface area contributed by atoms with Crippen molar-refractivity contribution in [3.63, 3.8) is 0 Å². The number of carbonyl (C=O) groups excluding carboxylic acids is 2. The molecule has 0 saturated heterocycles. The smallest absolute Gasteiger partial charge is 0.244 e. The molecule has 36 heavy (non-hydrogen) atoms. The van der Waals surface area contributed by atoms with Crippen molar-refractivity contribution in [2.75, 3.05) is 23.7 Å². The molecule has 10 heteroatoms. The second-order valence-electron chi connectivity index (χ2n) is 8.63. The number of halogens is 2. The topological polar surface area (TPSA) is 86.8 Å². The average Bonchev–Trinajstić information content (AvgIpc) is 2.84. The molecule has 1 atom stereocenters. The molecule has 2 aromatic rings. The average molecular weight is 557 g/mol. The number of hydrogen-bond acceptors (Lipinski definition) is 4. The monoisotopic (exact) mass is 555 g/mol. The van der Waals surface area contributed by atoms with Gasteiger partial charge in [-0.2, -0.15) is 0 Å². The highest BCUT2D eigenvalue weighted by Gasteiger charge is 2.31. The molecule has 1 N–H and O–H groups in total. The van der Waals surface area contributed by atoms with Gasteiger partial charge < -0.3 is 10.2 Å². The van der Waals surface area contributed by atoms with E-state index in [1.54, 1.807) is 30.3 Å². The van der Waals surface area contributed by atoms with Crippen molar-refractivity contribution in [2.45, 2.75) is 59.0 Å². The van der Waals surface area contributed by atoms with E-state index in [9.17, 15) is 18.0 Å². The molecular formula is C26H35Cl2N3O4S. The van der Waals surface area contributed by atoms with E-state index in [1.807, 2.05) is 32.9 Å². The van der Waals surface area contributed by atoms with E-state index in [-0.39, 0.29) is 12.5 Å². The van der Waals surface area contributed by atoms with Gasteiger partial charge in [0, 0.05) is 13.1 Å². The molecule has 0 saturated carbocycles. The lowest BCUT2D eigenvalue weighted by Crippen LogP contribution is -2.52. The lowest BCUT2D eigenvalue weighted by atomic mass is 10.1. The van der Waals surface area contributed by atoms with Gasteiger partial charge in [-0.15, -0.1) is 0 Å². The van der Waals surface area contributed by atoms with Crippen molar-refractivity contribution in [1.82, 2.24) is 10.2 Å². The molecule has 2 amide bonds. The van der Waals surface area contributed by atoms with Gasteiger partial charge in [-0.25, -0.2) is 8.42 Å². The Hall–Kier alpha value is -2.29. The molecular weight excluding hydrogens is 521 g/mol. The zero-order chi connectivity index (χ0) is 26.9. The Bertz CT molecular complexity index is 1140. The van der Waals surface area contributed by atoms with Crippen LogP contribution in [0.1, 0.15) is 51.2 Å². The highest BCUT2D eigenvalue weighted by atomic mass is 35.5. The Labute approximate surface area is 224 Å². The first kappa shape index (κ1) is 29.9. The maximum absolute atomic E-state index is 13.7. The molecule has 7 nitrogen and oxygen atoms in total. The molecule has 0 spiro atoms. The number of nitrogens with zero attached hydrogens (tertiary/aromatic N) is 2. The summed E-state index contributed by atoms with van der Waals surface area (Å²) in [7, 11) is -3.77. The fraction of sp³-hybridized carbons (Fsp3) is 0.462. The molecule has 1 unspecified atom stereocenters. The summed E-state index contributed by atoms with van der Waals surface area (Å²) in [5.41, 5.74) is 2.11. The summed E-state index contributed by atoms with van der Waals surface area (Å²) in [6.45, 7) is 5.98. The molecule has 0 heterocycles. The molecule has 2 rings (SSSR count). The Kier molecular flexibility index (Phi) is 11.5. The van der Waals surface area contributed by atoms with Gasteiger partial charge >= 0.3 is 0 Å². The fourth-order valence-electron chi connectivity index (χ4n) is 3.77. The summed E-state index contributed by atoms with van der Waals surface area (Å²) < 4.78 is 26.4. The van der Waals surface area contributed by atoms with Crippen LogP contribution in [0.4, 0.5) is 5.69 Å². The highest BCUT2D eigenvalue weighted by molar-refractivity contribution is 7.92. The minimum atomic E-state index is -3.77. The van der Waals surface area contributed by atoms with E-state index in [0.29, 0.717) is 34.3 Å². The van der Waals surface area contributed by atoms with Crippen LogP contribution in [0.15, 0.2) is 42.5 Å². The van der Waals surface area contributed by atoms with E-state index < -0.39 is 28.5 Å². The second kappa shape index (κ2) is 13.9. The molecule has 198 valence electrons. The van der Waals surface area contributed by atoms with Crippen LogP contribution in [0.5, 0.6) is 0 Å². The lowest BCUT2D eigenvalue weighted by molar-refractivity contribution is -0.140. The summed E-state index contributed by atoms with van der Waals surface area (Å²) >= 11 is 12.2. The summed E-state index contributed by atoms with van der Waals surface area (Å²) in [5, 5.41) is 3.60. The molecule has 0 fully saturated rings. The number of carbonyl (C=O) groups is 2. The Balaban J connectivity index is 2.42. The van der Waals surface area contributed by atoms with E-state index in [0.717, 1.165) is 35.4 Å². The van der Waals surface area contributed by atoms with Crippen molar-refractivity contribution < 1.29 is 18.0 Å². The standard InChI is InChI=1S/C26H35Cl2N3O4S/c1-5-8-15-29-26(33)24(7-3)30(17-20-11-14-22(27)23(28)16-20)25(32)18-31(36(4,34)35)21-12-9-19(6-2)10-13-21/h9-14,16,24H,5-8,15,17-18H2,1-4H3,(H,29,33). The summed E-state index contributed by atoms with van der Waals surface area (Å²) in [4.78, 5) is 28.1. The van der Waals surface area contributed by atoms with Gasteiger partial charge in [0.05, 0.1) is 22.0 Å². The third-order valence-corrected chi connectivity index (χ3v) is 7.74. The SMILES string of the molecule is CCCCNC(=O)C(CC)N(Cc1ccc(Cl)c(Cl)c1)C(=O)CN(c1ccc(CC)cc1)S(C)(=O)=O. The number of aryl methyl sites for hydroxylation is 1. The molecule has 0 aliphatic rings. The van der Waals surface area contributed by atoms with Gasteiger partial charge in [0.15, 0.2) is 0 Å². The maximum atomic E-state index is 13.7. The number of rotatable bonds is 13. The van der Waals surface area contributed by atoms with Crippen molar-refractivity contribution in [3.05, 3.63) is 63.6 Å². The molecule has 2 aromatic carbocycles. The second-order valence-corrected chi connectivity index (χ2v) is 11.3. The van der Waals surface area contributed by atoms with E-state index in [2.05, 4.69) is 5.32 Å². The first-order valence-electron chi connectivity index (χ1n) is 12.1. The normalized spacial score (nSPS) is 12.2. The van der Waals surface area contributed by atoms with Gasteiger partial charge in [-0.3, -0.25) is 13.9 Å². The zero-order valence-corrected chi connectivity index (χ0v) is 23.6. The number of sulfonamides is 1. The van der Waals surface area contributed by atoms with Crippen molar-refractivity contribution in [1.29, 1.82) is 0 Å². The first-order chi connectivity index (χ1) is 17.0. The van der Waals surface area contributed by atoms with Gasteiger partial charge in [0.1, 0.15) is 12.6 Å². The first-order valence-corrected chi connectivity index (χ1v) is 14.7. The number of unbranched alkanes of at least 4 members (excludes halogenated alkanes) is 1. The Morgan fingerprint density at radius 3 is 2.14 bits per heavy atom. The minimum Gasteiger partial charge on any atom is -0.354 e. The van der Waals surface area contributed by atoms with Crippen LogP contribution < -0.4 is 9.62 Å². The van der Waals surface area contributed by atoms with Crippen LogP contribution in [0.25, 0.3) is 0 Å². The minimum absolute atomic E-state index is 0.0712. The Morgan fingerprint density at radius 2 is 1.61 bits per heavy atom. The van der Waals surface area contributed by atoms with Crippen LogP contribution in [-0.2, 0) is 32.6 Å². The third-order valence-electron chi connectivity index (χ3n) is 5.86. The van der Waals surface area contributed by atoms with E-state index in [4.69, 9.17) is 23.2 Å². The lowest BCUT2D eigenvalue weighted by Gasteiger charge is -2.33. The zero-order valence-electron chi connectivity index (χ0n) is 21.3. The van der Waals surface area contributed by atoms with Crippen LogP contribution in [0, 0.1) is 0 Å². The van der Waals surface area contributed by atoms with Gasteiger partial charge in [0.25, 0.3) is 0 Å².